The average Bonchev–Trinajstić information content (AvgIpc) is 2.55. The molecule has 0 aliphatic heterocycles. The number of carbonyl (C=O) groups is 2. The predicted molar refractivity (Wildman–Crippen MR) is 88.4 cm³/mol. The van der Waals surface area contributed by atoms with E-state index in [1.165, 1.54) is 0 Å². The van der Waals surface area contributed by atoms with E-state index in [-0.39, 0.29) is 5.56 Å². The van der Waals surface area contributed by atoms with Crippen LogP contribution in [0.1, 0.15) is 15.9 Å². The van der Waals surface area contributed by atoms with Gasteiger partial charge in [-0.05, 0) is 36.2 Å². The van der Waals surface area contributed by atoms with Gasteiger partial charge in [-0.25, -0.2) is 4.79 Å². The first-order valence-corrected chi connectivity index (χ1v) is 7.17. The number of benzene rings is 2. The number of hydrogen-bond donors (Lipinski definition) is 3. The second-order valence-corrected chi connectivity index (χ2v) is 4.90. The molecule has 0 spiro atoms. The van der Waals surface area contributed by atoms with Crippen LogP contribution in [-0.2, 0) is 6.42 Å². The maximum atomic E-state index is 11.9. The van der Waals surface area contributed by atoms with Crippen LogP contribution in [0, 0.1) is 0 Å². The molecule has 23 heavy (non-hydrogen) atoms. The fraction of sp³-hybridized carbons (Fsp3) is 0.176. The van der Waals surface area contributed by atoms with Gasteiger partial charge >= 0.3 is 6.03 Å². The number of urea groups is 1. The van der Waals surface area contributed by atoms with Crippen molar-refractivity contribution in [3.63, 3.8) is 0 Å². The van der Waals surface area contributed by atoms with E-state index in [0.29, 0.717) is 18.7 Å². The highest BCUT2D eigenvalue weighted by Crippen LogP contribution is 2.12. The van der Waals surface area contributed by atoms with Crippen molar-refractivity contribution in [3.05, 3.63) is 59.7 Å². The molecule has 0 fully saturated rings. The third-order valence-corrected chi connectivity index (χ3v) is 3.27. The Kier molecular flexibility index (Phi) is 5.57. The van der Waals surface area contributed by atoms with E-state index in [1.807, 2.05) is 24.3 Å². The van der Waals surface area contributed by atoms with Crippen molar-refractivity contribution in [2.45, 2.75) is 6.42 Å². The van der Waals surface area contributed by atoms with Crippen LogP contribution < -0.4 is 21.1 Å². The molecule has 0 bridgehead atoms. The highest BCUT2D eigenvalue weighted by atomic mass is 16.5. The monoisotopic (exact) mass is 313 g/mol. The second-order valence-electron chi connectivity index (χ2n) is 4.90. The Balaban J connectivity index is 1.81. The fourth-order valence-electron chi connectivity index (χ4n) is 2.07. The molecule has 6 nitrogen and oxygen atoms in total. The van der Waals surface area contributed by atoms with E-state index in [0.717, 1.165) is 11.3 Å². The van der Waals surface area contributed by atoms with Crippen LogP contribution in [0.15, 0.2) is 48.5 Å². The zero-order chi connectivity index (χ0) is 16.7. The van der Waals surface area contributed by atoms with Crippen LogP contribution in [0.4, 0.5) is 10.5 Å². The second kappa shape index (κ2) is 7.84. The van der Waals surface area contributed by atoms with Gasteiger partial charge in [-0.2, -0.15) is 0 Å². The summed E-state index contributed by atoms with van der Waals surface area (Å²) in [7, 11) is 1.60. The molecule has 2 rings (SSSR count). The molecule has 3 amide bonds. The van der Waals surface area contributed by atoms with Gasteiger partial charge < -0.3 is 15.8 Å². The lowest BCUT2D eigenvalue weighted by Crippen LogP contribution is -2.40. The lowest BCUT2D eigenvalue weighted by atomic mass is 10.1. The molecule has 0 aromatic heterocycles. The average molecular weight is 313 g/mol. The molecule has 0 atom stereocenters. The molecule has 0 aliphatic rings. The Morgan fingerprint density at radius 3 is 2.65 bits per heavy atom. The summed E-state index contributed by atoms with van der Waals surface area (Å²) in [4.78, 5) is 23.7. The molecule has 0 heterocycles. The largest absolute Gasteiger partial charge is 0.497 e. The van der Waals surface area contributed by atoms with Crippen molar-refractivity contribution in [2.75, 3.05) is 19.4 Å². The van der Waals surface area contributed by atoms with Crippen LogP contribution in [0.5, 0.6) is 5.75 Å². The molecule has 2 aromatic carbocycles. The van der Waals surface area contributed by atoms with E-state index < -0.39 is 11.9 Å². The van der Waals surface area contributed by atoms with Gasteiger partial charge in [-0.1, -0.05) is 24.3 Å². The minimum absolute atomic E-state index is 0.274. The minimum Gasteiger partial charge on any atom is -0.497 e. The molecular weight excluding hydrogens is 294 g/mol. The molecule has 0 saturated heterocycles. The van der Waals surface area contributed by atoms with Gasteiger partial charge in [0.15, 0.2) is 0 Å². The first-order valence-electron chi connectivity index (χ1n) is 7.17. The lowest BCUT2D eigenvalue weighted by Gasteiger charge is -2.08. The number of imide groups is 1. The van der Waals surface area contributed by atoms with E-state index in [4.69, 9.17) is 10.5 Å². The zero-order valence-electron chi connectivity index (χ0n) is 12.8. The number of nitrogen functional groups attached to an aromatic ring is 1. The van der Waals surface area contributed by atoms with Gasteiger partial charge in [0.25, 0.3) is 5.91 Å². The number of ether oxygens (including phenoxy) is 1. The lowest BCUT2D eigenvalue weighted by molar-refractivity contribution is 0.0965. The van der Waals surface area contributed by atoms with Crippen molar-refractivity contribution >= 4 is 17.6 Å². The number of amides is 3. The van der Waals surface area contributed by atoms with Crippen LogP contribution in [0.3, 0.4) is 0 Å². The van der Waals surface area contributed by atoms with Crippen LogP contribution in [0.25, 0.3) is 0 Å². The van der Waals surface area contributed by atoms with E-state index in [9.17, 15) is 9.59 Å². The maximum absolute atomic E-state index is 11.9. The molecule has 2 aromatic rings. The third-order valence-electron chi connectivity index (χ3n) is 3.27. The molecule has 120 valence electrons. The molecule has 6 heteroatoms. The summed E-state index contributed by atoms with van der Waals surface area (Å²) in [5.41, 5.74) is 7.33. The third kappa shape index (κ3) is 4.74. The van der Waals surface area contributed by atoms with Crippen LogP contribution >= 0.6 is 0 Å². The summed E-state index contributed by atoms with van der Waals surface area (Å²) < 4.78 is 5.14. The van der Waals surface area contributed by atoms with Gasteiger partial charge in [-0.15, -0.1) is 0 Å². The normalized spacial score (nSPS) is 9.96. The summed E-state index contributed by atoms with van der Waals surface area (Å²) in [6.07, 6.45) is 0.631. The van der Waals surface area contributed by atoms with Gasteiger partial charge in [0, 0.05) is 12.2 Å². The van der Waals surface area contributed by atoms with E-state index >= 15 is 0 Å². The van der Waals surface area contributed by atoms with Crippen molar-refractivity contribution in [3.8, 4) is 5.75 Å². The van der Waals surface area contributed by atoms with E-state index in [1.54, 1.807) is 31.4 Å². The number of carbonyl (C=O) groups excluding carboxylic acids is 2. The Hall–Kier alpha value is -3.02. The van der Waals surface area contributed by atoms with Crippen molar-refractivity contribution < 1.29 is 14.3 Å². The number of rotatable bonds is 5. The topological polar surface area (TPSA) is 93.5 Å². The Bertz CT molecular complexity index is 701. The first kappa shape index (κ1) is 16.4. The summed E-state index contributed by atoms with van der Waals surface area (Å²) in [5, 5.41) is 4.89. The van der Waals surface area contributed by atoms with Crippen molar-refractivity contribution in [1.29, 1.82) is 0 Å². The molecular formula is C17H19N3O3. The summed E-state index contributed by atoms with van der Waals surface area (Å²) in [5.74, 6) is 0.240. The maximum Gasteiger partial charge on any atom is 0.321 e. The standard InChI is InChI=1S/C17H19N3O3/c1-23-13-6-4-5-12(11-13)9-10-19-17(22)20-16(21)14-7-2-3-8-15(14)18/h2-8,11H,9-10,18H2,1H3,(H2,19,20,21,22). The van der Waals surface area contributed by atoms with Gasteiger partial charge in [0.1, 0.15) is 5.75 Å². The number of methoxy groups -OCH3 is 1. The fourth-order valence-corrected chi connectivity index (χ4v) is 2.07. The molecule has 0 saturated carbocycles. The van der Waals surface area contributed by atoms with Crippen LogP contribution in [0.2, 0.25) is 0 Å². The first-order chi connectivity index (χ1) is 11.1. The quantitative estimate of drug-likeness (QED) is 0.736. The molecule has 0 radical (unpaired) electrons. The summed E-state index contributed by atoms with van der Waals surface area (Å²) in [6.45, 7) is 0.399. The highest BCUT2D eigenvalue weighted by Gasteiger charge is 2.12. The van der Waals surface area contributed by atoms with E-state index in [2.05, 4.69) is 10.6 Å². The number of nitrogens with one attached hydrogen (secondary N) is 2. The zero-order valence-corrected chi connectivity index (χ0v) is 12.8. The number of nitrogens with two attached hydrogens (primary N) is 1. The Morgan fingerprint density at radius 2 is 1.91 bits per heavy atom. The van der Waals surface area contributed by atoms with Gasteiger partial charge in [0.2, 0.25) is 0 Å². The van der Waals surface area contributed by atoms with Gasteiger partial charge in [-0.3, -0.25) is 10.1 Å². The SMILES string of the molecule is COc1cccc(CCNC(=O)NC(=O)c2ccccc2N)c1. The summed E-state index contributed by atoms with van der Waals surface area (Å²) in [6, 6.07) is 13.6. The smallest absolute Gasteiger partial charge is 0.321 e. The van der Waals surface area contributed by atoms with Crippen molar-refractivity contribution in [1.82, 2.24) is 10.6 Å². The number of hydrogen-bond acceptors (Lipinski definition) is 4. The Labute approximate surface area is 134 Å². The molecule has 0 aliphatic carbocycles. The predicted octanol–water partition coefficient (Wildman–Crippen LogP) is 1.96. The highest BCUT2D eigenvalue weighted by molar-refractivity contribution is 6.07. The number of para-hydroxylation sites is 1. The summed E-state index contributed by atoms with van der Waals surface area (Å²) >= 11 is 0. The molecule has 4 N–H and O–H groups in total. The number of anilines is 1. The minimum atomic E-state index is -0.554. The van der Waals surface area contributed by atoms with Crippen LogP contribution in [-0.4, -0.2) is 25.6 Å². The Morgan fingerprint density at radius 1 is 1.13 bits per heavy atom. The molecule has 0 unspecified atom stereocenters. The van der Waals surface area contributed by atoms with Gasteiger partial charge in [0.05, 0.1) is 12.7 Å². The van der Waals surface area contributed by atoms with Crippen molar-refractivity contribution in [2.24, 2.45) is 0 Å².